The van der Waals surface area contributed by atoms with Crippen molar-refractivity contribution in [3.8, 4) is 0 Å². The van der Waals surface area contributed by atoms with E-state index < -0.39 is 16.5 Å². The quantitative estimate of drug-likeness (QED) is 0.378. The van der Waals surface area contributed by atoms with Crippen LogP contribution in [0.3, 0.4) is 0 Å². The zero-order chi connectivity index (χ0) is 7.15. The summed E-state index contributed by atoms with van der Waals surface area (Å²) in [6.45, 7) is 0. The van der Waals surface area contributed by atoms with Crippen molar-refractivity contribution in [1.29, 1.82) is 0 Å². The van der Waals surface area contributed by atoms with Gasteiger partial charge in [0.05, 0.1) is 0 Å². The summed E-state index contributed by atoms with van der Waals surface area (Å²) in [5, 5.41) is 0. The fraction of sp³-hybridized carbons (Fsp3) is 0. The van der Waals surface area contributed by atoms with Gasteiger partial charge in [-0.2, -0.15) is 0 Å². The predicted molar refractivity (Wildman–Crippen MR) is 18.0 cm³/mol. The molecule has 0 atom stereocenters. The van der Waals surface area contributed by atoms with Crippen LogP contribution in [0, 0.1) is 0 Å². The topological polar surface area (TPSA) is 126 Å². The van der Waals surface area contributed by atoms with Crippen LogP contribution in [0.4, 0.5) is 0 Å². The van der Waals surface area contributed by atoms with Crippen molar-refractivity contribution < 1.29 is 46.1 Å². The smallest absolute Gasteiger partial charge is 0.813 e. The van der Waals surface area contributed by atoms with Crippen LogP contribution in [0.5, 0.6) is 0 Å². The van der Waals surface area contributed by atoms with Gasteiger partial charge in [0.1, 0.15) is 0 Å². The Kier molecular flexibility index (Phi) is 21.2. The van der Waals surface area contributed by atoms with Crippen LogP contribution in [0.1, 0.15) is 0 Å². The first-order valence-electron chi connectivity index (χ1n) is 1.22. The van der Waals surface area contributed by atoms with E-state index in [2.05, 4.69) is 0 Å². The first-order valence-corrected chi connectivity index (χ1v) is 3.67. The third kappa shape index (κ3) is 595. The summed E-state index contributed by atoms with van der Waals surface area (Å²) < 4.78 is 17.0. The van der Waals surface area contributed by atoms with Crippen LogP contribution >= 0.6 is 16.5 Å². The minimum Gasteiger partial charge on any atom is -0.813 e. The molecule has 0 bridgehead atoms. The Morgan fingerprint density at radius 2 is 0.778 bits per heavy atom. The Hall–Kier alpha value is 0.832. The Labute approximate surface area is 63.2 Å². The molecule has 6 nitrogen and oxygen atoms in total. The molecule has 0 aromatic carbocycles. The first-order chi connectivity index (χ1) is 3.46. The standard InChI is InChI=1S/Cr.2H3O3P/c;2*1-4(2)3/h;2*4H,(H2,1,2,3)/q+4;;/p-4. The molecule has 0 saturated heterocycles. The molecule has 0 fully saturated rings. The molecule has 0 aliphatic carbocycles. The molecular weight excluding hydrogens is 210 g/mol. The molecule has 0 unspecified atom stereocenters. The van der Waals surface area contributed by atoms with Gasteiger partial charge >= 0.3 is 17.4 Å². The number of rotatable bonds is 0. The van der Waals surface area contributed by atoms with E-state index in [1.54, 1.807) is 0 Å². The van der Waals surface area contributed by atoms with Crippen LogP contribution in [-0.2, 0) is 26.5 Å². The van der Waals surface area contributed by atoms with Crippen molar-refractivity contribution >= 4 is 16.5 Å². The van der Waals surface area contributed by atoms with Gasteiger partial charge in [0.25, 0.3) is 0 Å². The molecular formula is H2CrO6P2. The fourth-order valence-corrected chi connectivity index (χ4v) is 0. The fourth-order valence-electron chi connectivity index (χ4n) is 0. The van der Waals surface area contributed by atoms with Gasteiger partial charge in [-0.15, -0.1) is 0 Å². The second-order valence-electron chi connectivity index (χ2n) is 0.500. The largest absolute Gasteiger partial charge is 4.00 e. The van der Waals surface area contributed by atoms with Crippen LogP contribution in [0.25, 0.3) is 0 Å². The molecule has 0 heterocycles. The molecule has 0 saturated carbocycles. The zero-order valence-corrected chi connectivity index (χ0v) is 7.13. The average molecular weight is 212 g/mol. The van der Waals surface area contributed by atoms with Gasteiger partial charge in [-0.3, -0.25) is 0 Å². The summed E-state index contributed by atoms with van der Waals surface area (Å²) in [5.74, 6) is 0. The summed E-state index contributed by atoms with van der Waals surface area (Å²) in [6, 6.07) is 0. The molecule has 0 N–H and O–H groups in total. The van der Waals surface area contributed by atoms with E-state index in [0.717, 1.165) is 0 Å². The molecule has 0 amide bonds. The SMILES string of the molecule is O=[PH]([O-])[O-].O=[PH]([O-])[O-].[Cr+4]. The van der Waals surface area contributed by atoms with Crippen LogP contribution in [-0.4, -0.2) is 0 Å². The summed E-state index contributed by atoms with van der Waals surface area (Å²) in [5.41, 5.74) is 0. The summed E-state index contributed by atoms with van der Waals surface area (Å²) in [7, 11) is -7.26. The van der Waals surface area contributed by atoms with Gasteiger partial charge in [-0.25, -0.2) is 0 Å². The van der Waals surface area contributed by atoms with E-state index in [1.807, 2.05) is 0 Å². The van der Waals surface area contributed by atoms with E-state index in [-0.39, 0.29) is 17.4 Å². The molecule has 9 heteroatoms. The van der Waals surface area contributed by atoms with Crippen molar-refractivity contribution in [2.45, 2.75) is 0 Å². The zero-order valence-electron chi connectivity index (χ0n) is 3.86. The summed E-state index contributed by atoms with van der Waals surface area (Å²) in [6.07, 6.45) is 0. The third-order valence-corrected chi connectivity index (χ3v) is 0. The predicted octanol–water partition coefficient (Wildman–Crippen LogP) is -3.81. The van der Waals surface area contributed by atoms with Crippen molar-refractivity contribution in [2.75, 3.05) is 0 Å². The Morgan fingerprint density at radius 1 is 0.778 bits per heavy atom. The Balaban J connectivity index is -0.0000000720. The van der Waals surface area contributed by atoms with E-state index in [1.165, 1.54) is 0 Å². The second-order valence-corrected chi connectivity index (χ2v) is 1.50. The van der Waals surface area contributed by atoms with Gasteiger partial charge in [-0.1, -0.05) is 16.5 Å². The van der Waals surface area contributed by atoms with Crippen LogP contribution in [0.15, 0.2) is 0 Å². The molecule has 0 spiro atoms. The number of hydrogen-bond acceptors (Lipinski definition) is 6. The van der Waals surface area contributed by atoms with Gasteiger partial charge in [0.15, 0.2) is 0 Å². The minimum absolute atomic E-state index is 0. The maximum absolute atomic E-state index is 8.52. The molecule has 0 aromatic heterocycles. The normalized spacial score (nSPS) is 7.78. The maximum Gasteiger partial charge on any atom is 4.00 e. The monoisotopic (exact) mass is 212 g/mol. The van der Waals surface area contributed by atoms with Gasteiger partial charge in [-0.05, 0) is 0 Å². The molecule has 9 heavy (non-hydrogen) atoms. The average Bonchev–Trinajstić information content (AvgIpc) is 1.25. The van der Waals surface area contributed by atoms with E-state index in [4.69, 9.17) is 28.7 Å². The van der Waals surface area contributed by atoms with Crippen molar-refractivity contribution in [3.05, 3.63) is 0 Å². The second kappa shape index (κ2) is 11.6. The minimum atomic E-state index is -3.63. The summed E-state index contributed by atoms with van der Waals surface area (Å²) >= 11 is 0. The first kappa shape index (κ1) is 16.4. The van der Waals surface area contributed by atoms with Crippen molar-refractivity contribution in [1.82, 2.24) is 0 Å². The molecule has 0 radical (unpaired) electrons. The van der Waals surface area contributed by atoms with Gasteiger partial charge in [0, 0.05) is 0 Å². The van der Waals surface area contributed by atoms with Crippen LogP contribution in [0.2, 0.25) is 0 Å². The Bertz CT molecular complexity index is 69.1. The molecule has 54 valence electrons. The van der Waals surface area contributed by atoms with Gasteiger partial charge in [0.2, 0.25) is 0 Å². The number of hydrogen-bond donors (Lipinski definition) is 0. The maximum atomic E-state index is 8.52. The molecule has 0 aromatic rings. The van der Waals surface area contributed by atoms with Gasteiger partial charge < -0.3 is 28.7 Å². The van der Waals surface area contributed by atoms with E-state index in [0.29, 0.717) is 0 Å². The summed E-state index contributed by atoms with van der Waals surface area (Å²) in [4.78, 5) is 34.1. The molecule has 0 aliphatic heterocycles. The Morgan fingerprint density at radius 3 is 0.778 bits per heavy atom. The van der Waals surface area contributed by atoms with E-state index in [9.17, 15) is 0 Å². The van der Waals surface area contributed by atoms with Crippen molar-refractivity contribution in [3.63, 3.8) is 0 Å². The molecule has 0 rings (SSSR count). The van der Waals surface area contributed by atoms with Crippen LogP contribution < -0.4 is 19.6 Å². The molecule has 0 aliphatic rings. The van der Waals surface area contributed by atoms with Crippen molar-refractivity contribution in [2.24, 2.45) is 0 Å². The van der Waals surface area contributed by atoms with E-state index >= 15 is 0 Å². The third-order valence-electron chi connectivity index (χ3n) is 0.